The van der Waals surface area contributed by atoms with Gasteiger partial charge in [0, 0.05) is 36.4 Å². The number of carbonyl (C=O) groups excluding carboxylic acids is 1. The number of anilines is 2. The van der Waals surface area contributed by atoms with E-state index in [4.69, 9.17) is 14.2 Å². The van der Waals surface area contributed by atoms with Crippen LogP contribution in [0.4, 0.5) is 11.4 Å². The number of morpholine rings is 1. The highest BCUT2D eigenvalue weighted by atomic mass is 16.5. The van der Waals surface area contributed by atoms with Gasteiger partial charge in [-0.3, -0.25) is 4.79 Å². The van der Waals surface area contributed by atoms with Crippen molar-refractivity contribution in [2.75, 3.05) is 57.3 Å². The average Bonchev–Trinajstić information content (AvgIpc) is 2.83. The number of fused-ring (bicyclic) bond motifs is 1. The van der Waals surface area contributed by atoms with E-state index in [1.54, 1.807) is 14.2 Å². The molecule has 2 heterocycles. The molecule has 4 rings (SSSR count). The number of hydrogen-bond donors (Lipinski definition) is 2. The number of nitrogens with zero attached hydrogens (tertiary/aromatic N) is 1. The second kappa shape index (κ2) is 9.58. The van der Waals surface area contributed by atoms with Gasteiger partial charge in [-0.2, -0.15) is 0 Å². The third kappa shape index (κ3) is 4.78. The van der Waals surface area contributed by atoms with Crippen molar-refractivity contribution in [2.45, 2.75) is 25.9 Å². The predicted octanol–water partition coefficient (Wildman–Crippen LogP) is 1.51. The van der Waals surface area contributed by atoms with E-state index in [1.807, 2.05) is 25.1 Å². The number of methoxy groups -OCH3 is 2. The zero-order valence-electron chi connectivity index (χ0n) is 18.6. The van der Waals surface area contributed by atoms with E-state index in [2.05, 4.69) is 28.4 Å². The van der Waals surface area contributed by atoms with Crippen molar-refractivity contribution in [3.8, 4) is 11.5 Å². The summed E-state index contributed by atoms with van der Waals surface area (Å²) in [6.07, 6.45) is 0.914. The second-order valence-corrected chi connectivity index (χ2v) is 8.17. The lowest BCUT2D eigenvalue weighted by molar-refractivity contribution is -0.929. The molecule has 1 unspecified atom stereocenters. The van der Waals surface area contributed by atoms with E-state index >= 15 is 0 Å². The highest BCUT2D eigenvalue weighted by molar-refractivity contribution is 5.93. The summed E-state index contributed by atoms with van der Waals surface area (Å²) in [5.41, 5.74) is 4.48. The lowest BCUT2D eigenvalue weighted by atomic mass is 9.97. The number of rotatable bonds is 6. The molecule has 0 spiro atoms. The molecule has 7 nitrogen and oxygen atoms in total. The SMILES string of the molecule is COc1cc2c(cc1OC)C[NH+]([C@H](C)C(=O)Nc1ccc(N3CCOCC3)cc1)CC2. The quantitative estimate of drug-likeness (QED) is 0.733. The molecule has 2 aliphatic heterocycles. The summed E-state index contributed by atoms with van der Waals surface area (Å²) < 4.78 is 16.3. The van der Waals surface area contributed by atoms with Gasteiger partial charge in [-0.1, -0.05) is 0 Å². The van der Waals surface area contributed by atoms with Crippen molar-refractivity contribution in [1.29, 1.82) is 0 Å². The van der Waals surface area contributed by atoms with Gasteiger partial charge < -0.3 is 29.3 Å². The molecule has 0 radical (unpaired) electrons. The van der Waals surface area contributed by atoms with Crippen LogP contribution in [0.25, 0.3) is 0 Å². The van der Waals surface area contributed by atoms with Crippen LogP contribution in [-0.4, -0.2) is 59.0 Å². The van der Waals surface area contributed by atoms with Crippen molar-refractivity contribution >= 4 is 17.3 Å². The topological polar surface area (TPSA) is 64.5 Å². The van der Waals surface area contributed by atoms with E-state index in [1.165, 1.54) is 16.0 Å². The summed E-state index contributed by atoms with van der Waals surface area (Å²) in [5, 5.41) is 3.09. The number of hydrogen-bond acceptors (Lipinski definition) is 5. The fourth-order valence-electron chi connectivity index (χ4n) is 4.37. The van der Waals surface area contributed by atoms with Gasteiger partial charge in [0.25, 0.3) is 5.91 Å². The van der Waals surface area contributed by atoms with Crippen molar-refractivity contribution in [3.05, 3.63) is 47.5 Å². The van der Waals surface area contributed by atoms with Gasteiger partial charge >= 0.3 is 0 Å². The van der Waals surface area contributed by atoms with Crippen LogP contribution in [0.15, 0.2) is 36.4 Å². The Kier molecular flexibility index (Phi) is 6.63. The second-order valence-electron chi connectivity index (χ2n) is 8.17. The van der Waals surface area contributed by atoms with Crippen LogP contribution >= 0.6 is 0 Å². The maximum Gasteiger partial charge on any atom is 0.282 e. The molecule has 2 aromatic carbocycles. The van der Waals surface area contributed by atoms with Crippen LogP contribution < -0.4 is 24.6 Å². The number of nitrogens with one attached hydrogen (secondary N) is 2. The highest BCUT2D eigenvalue weighted by Crippen LogP contribution is 2.31. The summed E-state index contributed by atoms with van der Waals surface area (Å²) in [4.78, 5) is 16.5. The van der Waals surface area contributed by atoms with Crippen LogP contribution in [0.1, 0.15) is 18.1 Å². The number of amides is 1. The molecular formula is C24H32N3O4+. The van der Waals surface area contributed by atoms with Gasteiger partial charge in [0.2, 0.25) is 0 Å². The first-order valence-electron chi connectivity index (χ1n) is 10.9. The summed E-state index contributed by atoms with van der Waals surface area (Å²) in [7, 11) is 3.31. The maximum absolute atomic E-state index is 12.9. The van der Waals surface area contributed by atoms with E-state index < -0.39 is 0 Å². The Morgan fingerprint density at radius 3 is 2.35 bits per heavy atom. The molecule has 0 aromatic heterocycles. The van der Waals surface area contributed by atoms with Crippen LogP contribution in [-0.2, 0) is 22.5 Å². The van der Waals surface area contributed by atoms with Gasteiger partial charge in [0.15, 0.2) is 17.5 Å². The molecule has 1 amide bonds. The molecule has 2 aliphatic rings. The molecular weight excluding hydrogens is 394 g/mol. The van der Waals surface area contributed by atoms with Crippen molar-refractivity contribution in [3.63, 3.8) is 0 Å². The Balaban J connectivity index is 1.38. The summed E-state index contributed by atoms with van der Waals surface area (Å²) in [5.74, 6) is 1.54. The summed E-state index contributed by atoms with van der Waals surface area (Å²) in [6.45, 7) is 7.02. The van der Waals surface area contributed by atoms with E-state index in [-0.39, 0.29) is 11.9 Å². The number of quaternary nitrogens is 1. The Morgan fingerprint density at radius 1 is 1.06 bits per heavy atom. The molecule has 0 saturated carbocycles. The Bertz CT molecular complexity index is 910. The molecule has 1 fully saturated rings. The average molecular weight is 427 g/mol. The molecule has 31 heavy (non-hydrogen) atoms. The molecule has 0 bridgehead atoms. The van der Waals surface area contributed by atoms with E-state index in [0.717, 1.165) is 68.7 Å². The van der Waals surface area contributed by atoms with E-state index in [9.17, 15) is 4.79 Å². The molecule has 7 heteroatoms. The minimum absolute atomic E-state index is 0.0399. The fraction of sp³-hybridized carbons (Fsp3) is 0.458. The first kappa shape index (κ1) is 21.5. The minimum Gasteiger partial charge on any atom is -0.493 e. The van der Waals surface area contributed by atoms with Crippen LogP contribution in [0.2, 0.25) is 0 Å². The number of benzene rings is 2. The van der Waals surface area contributed by atoms with Gasteiger partial charge in [-0.25, -0.2) is 0 Å². The number of ether oxygens (including phenoxy) is 3. The first-order chi connectivity index (χ1) is 15.1. The lowest BCUT2D eigenvalue weighted by Gasteiger charge is -2.31. The highest BCUT2D eigenvalue weighted by Gasteiger charge is 2.30. The van der Waals surface area contributed by atoms with Gasteiger partial charge in [-0.15, -0.1) is 0 Å². The smallest absolute Gasteiger partial charge is 0.282 e. The Morgan fingerprint density at radius 2 is 1.71 bits per heavy atom. The fourth-order valence-corrected chi connectivity index (χ4v) is 4.37. The Hall–Kier alpha value is -2.77. The van der Waals surface area contributed by atoms with Crippen molar-refractivity contribution in [1.82, 2.24) is 0 Å². The third-order valence-electron chi connectivity index (χ3n) is 6.36. The van der Waals surface area contributed by atoms with Crippen molar-refractivity contribution in [2.24, 2.45) is 0 Å². The standard InChI is InChI=1S/C24H31N3O4/c1-17(27-9-8-18-14-22(29-2)23(30-3)15-19(18)16-27)24(28)25-20-4-6-21(7-5-20)26-10-12-31-13-11-26/h4-7,14-15,17H,8-13,16H2,1-3H3,(H,25,28)/p+1/t17-/m1/s1. The van der Waals surface area contributed by atoms with E-state index in [0.29, 0.717) is 0 Å². The summed E-state index contributed by atoms with van der Waals surface area (Å²) >= 11 is 0. The maximum atomic E-state index is 12.9. The minimum atomic E-state index is -0.153. The monoisotopic (exact) mass is 426 g/mol. The zero-order valence-corrected chi connectivity index (χ0v) is 18.6. The van der Waals surface area contributed by atoms with Gasteiger partial charge in [0.05, 0.1) is 34.0 Å². The van der Waals surface area contributed by atoms with Crippen LogP contribution in [0.3, 0.4) is 0 Å². The normalized spacial score (nSPS) is 19.3. The number of carbonyl (C=O) groups is 1. The molecule has 2 atom stereocenters. The molecule has 2 aromatic rings. The lowest BCUT2D eigenvalue weighted by Crippen LogP contribution is -3.16. The third-order valence-corrected chi connectivity index (χ3v) is 6.36. The van der Waals surface area contributed by atoms with Crippen LogP contribution in [0, 0.1) is 0 Å². The van der Waals surface area contributed by atoms with Crippen LogP contribution in [0.5, 0.6) is 11.5 Å². The zero-order chi connectivity index (χ0) is 21.8. The first-order valence-corrected chi connectivity index (χ1v) is 10.9. The predicted molar refractivity (Wildman–Crippen MR) is 120 cm³/mol. The van der Waals surface area contributed by atoms with Gasteiger partial charge in [0.1, 0.15) is 6.54 Å². The molecule has 166 valence electrons. The van der Waals surface area contributed by atoms with Gasteiger partial charge in [-0.05, 0) is 48.9 Å². The molecule has 1 saturated heterocycles. The largest absolute Gasteiger partial charge is 0.493 e. The molecule has 2 N–H and O–H groups in total. The Labute approximate surface area is 183 Å². The summed E-state index contributed by atoms with van der Waals surface area (Å²) in [6, 6.07) is 12.0. The molecule has 0 aliphatic carbocycles. The van der Waals surface area contributed by atoms with Crippen molar-refractivity contribution < 1.29 is 23.9 Å².